The Morgan fingerprint density at radius 1 is 1.26 bits per heavy atom. The summed E-state index contributed by atoms with van der Waals surface area (Å²) in [6.45, 7) is 0.759. The Bertz CT molecular complexity index is 921. The van der Waals surface area contributed by atoms with Crippen LogP contribution in [0.15, 0.2) is 42.6 Å². The molecule has 1 aromatic heterocycles. The van der Waals surface area contributed by atoms with Crippen LogP contribution in [0.4, 0.5) is 23.7 Å². The molecule has 1 aliphatic rings. The number of esters is 1. The maximum absolute atomic E-state index is 12.6. The van der Waals surface area contributed by atoms with Crippen LogP contribution < -0.4 is 10.1 Å². The molecule has 0 aliphatic carbocycles. The number of pyridine rings is 1. The van der Waals surface area contributed by atoms with Gasteiger partial charge in [-0.2, -0.15) is 13.2 Å². The van der Waals surface area contributed by atoms with Crippen LogP contribution in [0.2, 0.25) is 0 Å². The number of nitrogens with one attached hydrogen (secondary N) is 1. The number of carbonyl (C=O) groups excluding carboxylic acids is 2. The maximum Gasteiger partial charge on any atom is 0.417 e. The first-order valence-electron chi connectivity index (χ1n) is 9.29. The highest BCUT2D eigenvalue weighted by molar-refractivity contribution is 6.00. The topological polar surface area (TPSA) is 90.0 Å². The van der Waals surface area contributed by atoms with Crippen molar-refractivity contribution < 1.29 is 37.0 Å². The third-order valence-corrected chi connectivity index (χ3v) is 4.48. The van der Waals surface area contributed by atoms with Crippen molar-refractivity contribution in [2.24, 2.45) is 0 Å². The molecule has 1 fully saturated rings. The number of anilines is 1. The molecule has 166 valence electrons. The minimum atomic E-state index is -4.47. The number of morpholine rings is 1. The van der Waals surface area contributed by atoms with E-state index in [2.05, 4.69) is 10.3 Å². The number of halogens is 3. The van der Waals surface area contributed by atoms with Crippen LogP contribution in [0, 0.1) is 0 Å². The summed E-state index contributed by atoms with van der Waals surface area (Å²) < 4.78 is 53.4. The predicted molar refractivity (Wildman–Crippen MR) is 103 cm³/mol. The van der Waals surface area contributed by atoms with Gasteiger partial charge in [-0.25, -0.2) is 14.6 Å². The fraction of sp³-hybridized carbons (Fsp3) is 0.350. The van der Waals surface area contributed by atoms with Crippen LogP contribution in [0.1, 0.15) is 15.9 Å². The summed E-state index contributed by atoms with van der Waals surface area (Å²) in [6.07, 6.45) is -4.28. The molecule has 3 rings (SSSR count). The summed E-state index contributed by atoms with van der Waals surface area (Å²) in [7, 11) is 1.25. The van der Waals surface area contributed by atoms with Gasteiger partial charge in [0.2, 0.25) is 5.88 Å². The third kappa shape index (κ3) is 5.85. The molecule has 1 N–H and O–H groups in total. The number of alkyl halides is 3. The van der Waals surface area contributed by atoms with Crippen molar-refractivity contribution in [3.05, 3.63) is 53.7 Å². The Labute approximate surface area is 175 Å². The first kappa shape index (κ1) is 22.3. The van der Waals surface area contributed by atoms with E-state index in [1.54, 1.807) is 18.2 Å². The lowest BCUT2D eigenvalue weighted by Crippen LogP contribution is -2.49. The van der Waals surface area contributed by atoms with Crippen molar-refractivity contribution in [2.75, 3.05) is 38.7 Å². The van der Waals surface area contributed by atoms with Crippen LogP contribution in [-0.2, 0) is 15.7 Å². The van der Waals surface area contributed by atoms with Gasteiger partial charge in [0.25, 0.3) is 0 Å². The molecular weight excluding hydrogens is 419 g/mol. The van der Waals surface area contributed by atoms with E-state index in [9.17, 15) is 22.8 Å². The number of hydrogen-bond donors (Lipinski definition) is 1. The first-order chi connectivity index (χ1) is 14.8. The predicted octanol–water partition coefficient (Wildman–Crippen LogP) is 3.20. The van der Waals surface area contributed by atoms with Gasteiger partial charge in [-0.1, -0.05) is 12.1 Å². The van der Waals surface area contributed by atoms with E-state index in [1.165, 1.54) is 18.1 Å². The number of nitrogens with zero attached hydrogens (tertiary/aromatic N) is 2. The minimum absolute atomic E-state index is 0.000885. The van der Waals surface area contributed by atoms with E-state index in [0.29, 0.717) is 18.4 Å². The molecule has 2 amide bonds. The summed E-state index contributed by atoms with van der Waals surface area (Å²) in [5.74, 6) is -0.557. The summed E-state index contributed by atoms with van der Waals surface area (Å²) in [6, 6.07) is 8.02. The Morgan fingerprint density at radius 2 is 2.03 bits per heavy atom. The largest absolute Gasteiger partial charge is 0.475 e. The van der Waals surface area contributed by atoms with E-state index in [1.807, 2.05) is 0 Å². The van der Waals surface area contributed by atoms with E-state index in [4.69, 9.17) is 14.2 Å². The number of para-hydroxylation sites is 1. The zero-order chi connectivity index (χ0) is 22.4. The standard InChI is InChI=1S/C20H20F3N3O5/c1-29-18(27)15-4-2-3-5-16(15)25-19(28)26-8-9-30-14(11-26)12-31-17-7-6-13(10-24-17)20(21,22)23/h2-7,10,14H,8-9,11-12H2,1H3,(H,25,28). The lowest BCUT2D eigenvalue weighted by Gasteiger charge is -2.32. The highest BCUT2D eigenvalue weighted by atomic mass is 19.4. The smallest absolute Gasteiger partial charge is 0.417 e. The molecule has 2 aromatic rings. The van der Waals surface area contributed by atoms with Crippen molar-refractivity contribution >= 4 is 17.7 Å². The molecule has 1 atom stereocenters. The Kier molecular flexibility index (Phi) is 6.95. The van der Waals surface area contributed by atoms with Crippen molar-refractivity contribution in [1.82, 2.24) is 9.88 Å². The minimum Gasteiger partial charge on any atom is -0.475 e. The number of ether oxygens (including phenoxy) is 3. The summed E-state index contributed by atoms with van der Waals surface area (Å²) >= 11 is 0. The highest BCUT2D eigenvalue weighted by Crippen LogP contribution is 2.29. The van der Waals surface area contributed by atoms with E-state index in [-0.39, 0.29) is 31.2 Å². The van der Waals surface area contributed by atoms with E-state index in [0.717, 1.165) is 12.1 Å². The van der Waals surface area contributed by atoms with Gasteiger partial charge in [-0.3, -0.25) is 0 Å². The van der Waals surface area contributed by atoms with Gasteiger partial charge in [0.05, 0.1) is 37.1 Å². The van der Waals surface area contributed by atoms with Gasteiger partial charge >= 0.3 is 18.2 Å². The number of urea groups is 1. The molecule has 1 unspecified atom stereocenters. The molecule has 31 heavy (non-hydrogen) atoms. The maximum atomic E-state index is 12.6. The van der Waals surface area contributed by atoms with Crippen molar-refractivity contribution in [1.29, 1.82) is 0 Å². The molecule has 2 heterocycles. The van der Waals surface area contributed by atoms with Crippen LogP contribution in [0.3, 0.4) is 0 Å². The molecule has 0 spiro atoms. The van der Waals surface area contributed by atoms with Gasteiger partial charge in [0, 0.05) is 18.8 Å². The Balaban J connectivity index is 1.56. The molecule has 0 radical (unpaired) electrons. The van der Waals surface area contributed by atoms with Gasteiger partial charge in [-0.05, 0) is 18.2 Å². The average Bonchev–Trinajstić information content (AvgIpc) is 2.77. The van der Waals surface area contributed by atoms with Gasteiger partial charge < -0.3 is 24.4 Å². The number of carbonyl (C=O) groups is 2. The molecule has 8 nitrogen and oxygen atoms in total. The van der Waals surface area contributed by atoms with Gasteiger partial charge in [0.1, 0.15) is 12.7 Å². The Hall–Kier alpha value is -3.34. The SMILES string of the molecule is COC(=O)c1ccccc1NC(=O)N1CCOC(COc2ccc(C(F)(F)F)cn2)C1. The monoisotopic (exact) mass is 439 g/mol. The molecule has 1 aromatic carbocycles. The van der Waals surface area contributed by atoms with E-state index >= 15 is 0 Å². The van der Waals surface area contributed by atoms with Crippen molar-refractivity contribution in [3.63, 3.8) is 0 Å². The van der Waals surface area contributed by atoms with Crippen LogP contribution in [0.25, 0.3) is 0 Å². The quantitative estimate of drug-likeness (QED) is 0.720. The third-order valence-electron chi connectivity index (χ3n) is 4.48. The zero-order valence-electron chi connectivity index (χ0n) is 16.5. The number of aromatic nitrogens is 1. The summed E-state index contributed by atoms with van der Waals surface area (Å²) in [5.41, 5.74) is -0.337. The summed E-state index contributed by atoms with van der Waals surface area (Å²) in [5, 5.41) is 2.68. The average molecular weight is 439 g/mol. The second-order valence-electron chi connectivity index (χ2n) is 6.60. The molecule has 1 aliphatic heterocycles. The van der Waals surface area contributed by atoms with Gasteiger partial charge in [-0.15, -0.1) is 0 Å². The molecule has 1 saturated heterocycles. The van der Waals surface area contributed by atoms with Crippen LogP contribution in [-0.4, -0.2) is 61.4 Å². The number of hydrogen-bond acceptors (Lipinski definition) is 6. The highest BCUT2D eigenvalue weighted by Gasteiger charge is 2.31. The lowest BCUT2D eigenvalue weighted by atomic mass is 10.2. The number of benzene rings is 1. The zero-order valence-corrected chi connectivity index (χ0v) is 16.5. The second-order valence-corrected chi connectivity index (χ2v) is 6.60. The molecular formula is C20H20F3N3O5. The van der Waals surface area contributed by atoms with Crippen molar-refractivity contribution in [2.45, 2.75) is 12.3 Å². The summed E-state index contributed by atoms with van der Waals surface area (Å²) in [4.78, 5) is 29.6. The van der Waals surface area contributed by atoms with Crippen LogP contribution >= 0.6 is 0 Å². The Morgan fingerprint density at radius 3 is 2.71 bits per heavy atom. The number of methoxy groups -OCH3 is 1. The van der Waals surface area contributed by atoms with Crippen LogP contribution in [0.5, 0.6) is 5.88 Å². The fourth-order valence-electron chi connectivity index (χ4n) is 2.89. The van der Waals surface area contributed by atoms with Gasteiger partial charge in [0.15, 0.2) is 0 Å². The molecule has 0 bridgehead atoms. The molecule has 11 heteroatoms. The first-order valence-corrected chi connectivity index (χ1v) is 9.29. The second kappa shape index (κ2) is 9.65. The number of amides is 2. The number of rotatable bonds is 5. The molecule has 0 saturated carbocycles. The fourth-order valence-corrected chi connectivity index (χ4v) is 2.89. The van der Waals surface area contributed by atoms with E-state index < -0.39 is 29.8 Å². The lowest BCUT2D eigenvalue weighted by molar-refractivity contribution is -0.137. The normalized spacial score (nSPS) is 16.5. The van der Waals surface area contributed by atoms with Crippen molar-refractivity contribution in [3.8, 4) is 5.88 Å².